The van der Waals surface area contributed by atoms with Crippen LogP contribution >= 0.6 is 23.6 Å². The molecule has 0 bridgehead atoms. The normalized spacial score (nSPS) is 10.5. The largest absolute Gasteiger partial charge is 0.339 e. The molecule has 0 atom stereocenters. The van der Waals surface area contributed by atoms with Crippen LogP contribution in [0.1, 0.15) is 30.4 Å². The van der Waals surface area contributed by atoms with Crippen LogP contribution in [0.5, 0.6) is 0 Å². The van der Waals surface area contributed by atoms with E-state index in [0.29, 0.717) is 28.5 Å². The SMILES string of the molecule is O=C(Nc1n[nH]c(=S)s1)NN(CCCCc1ccccc1)C(=O)CCc1ccccc1. The summed E-state index contributed by atoms with van der Waals surface area (Å²) in [5, 5.41) is 10.9. The fourth-order valence-corrected chi connectivity index (χ4v) is 3.83. The summed E-state index contributed by atoms with van der Waals surface area (Å²) < 4.78 is 0.465. The highest BCUT2D eigenvalue weighted by molar-refractivity contribution is 7.73. The molecule has 0 saturated carbocycles. The molecule has 0 radical (unpaired) electrons. The third kappa shape index (κ3) is 7.95. The lowest BCUT2D eigenvalue weighted by Crippen LogP contribution is -2.48. The number of aromatic nitrogens is 2. The molecule has 0 aliphatic rings. The van der Waals surface area contributed by atoms with Gasteiger partial charge >= 0.3 is 6.03 Å². The van der Waals surface area contributed by atoms with Gasteiger partial charge in [0.15, 0.2) is 3.95 Å². The molecule has 0 spiro atoms. The second kappa shape index (κ2) is 12.0. The Kier molecular flexibility index (Phi) is 8.74. The molecule has 0 aliphatic carbocycles. The maximum absolute atomic E-state index is 12.8. The highest BCUT2D eigenvalue weighted by Gasteiger charge is 2.17. The monoisotopic (exact) mass is 455 g/mol. The molecule has 162 valence electrons. The molecule has 0 unspecified atom stereocenters. The second-order valence-corrected chi connectivity index (χ2v) is 8.62. The van der Waals surface area contributed by atoms with Gasteiger partial charge in [-0.1, -0.05) is 72.0 Å². The molecule has 3 aromatic rings. The van der Waals surface area contributed by atoms with E-state index in [1.54, 1.807) is 0 Å². The van der Waals surface area contributed by atoms with Gasteiger partial charge in [-0.3, -0.25) is 20.2 Å². The van der Waals surface area contributed by atoms with E-state index in [0.717, 1.165) is 36.2 Å². The van der Waals surface area contributed by atoms with Gasteiger partial charge in [-0.25, -0.2) is 10.2 Å². The number of H-pyrrole nitrogens is 1. The first-order chi connectivity index (χ1) is 15.1. The lowest BCUT2D eigenvalue weighted by atomic mass is 10.1. The van der Waals surface area contributed by atoms with Crippen molar-refractivity contribution in [3.8, 4) is 0 Å². The number of amides is 3. The van der Waals surface area contributed by atoms with Crippen LogP contribution in [-0.4, -0.2) is 33.7 Å². The van der Waals surface area contributed by atoms with Gasteiger partial charge in [-0.15, -0.1) is 5.10 Å². The highest BCUT2D eigenvalue weighted by Crippen LogP contribution is 2.11. The molecular formula is C22H25N5O2S2. The minimum absolute atomic E-state index is 0.131. The zero-order chi connectivity index (χ0) is 21.9. The number of hydrogen-bond acceptors (Lipinski definition) is 5. The number of aryl methyl sites for hydroxylation is 2. The fourth-order valence-electron chi connectivity index (χ4n) is 3.05. The van der Waals surface area contributed by atoms with Crippen LogP contribution in [0.15, 0.2) is 60.7 Å². The number of nitrogens with one attached hydrogen (secondary N) is 3. The van der Waals surface area contributed by atoms with Gasteiger partial charge in [0.1, 0.15) is 0 Å². The Labute approximate surface area is 190 Å². The maximum atomic E-state index is 12.8. The lowest BCUT2D eigenvalue weighted by Gasteiger charge is -2.23. The van der Waals surface area contributed by atoms with E-state index in [-0.39, 0.29) is 5.91 Å². The van der Waals surface area contributed by atoms with Crippen molar-refractivity contribution >= 4 is 40.6 Å². The van der Waals surface area contributed by atoms with Crippen LogP contribution in [0.3, 0.4) is 0 Å². The predicted molar refractivity (Wildman–Crippen MR) is 125 cm³/mol. The first-order valence-corrected chi connectivity index (χ1v) is 11.3. The molecule has 1 heterocycles. The quantitative estimate of drug-likeness (QED) is 0.247. The Bertz CT molecular complexity index is 1020. The van der Waals surface area contributed by atoms with Gasteiger partial charge in [0.25, 0.3) is 0 Å². The molecule has 3 N–H and O–H groups in total. The summed E-state index contributed by atoms with van der Waals surface area (Å²) in [5.74, 6) is -0.131. The topological polar surface area (TPSA) is 90.1 Å². The Hall–Kier alpha value is -3.04. The van der Waals surface area contributed by atoms with E-state index in [1.165, 1.54) is 10.6 Å². The molecule has 31 heavy (non-hydrogen) atoms. The van der Waals surface area contributed by atoms with Crippen molar-refractivity contribution in [2.75, 3.05) is 11.9 Å². The molecule has 3 rings (SSSR count). The summed E-state index contributed by atoms with van der Waals surface area (Å²) in [4.78, 5) is 25.2. The van der Waals surface area contributed by atoms with E-state index < -0.39 is 6.03 Å². The molecule has 0 aliphatic heterocycles. The number of aromatic amines is 1. The molecule has 3 amide bonds. The van der Waals surface area contributed by atoms with Crippen LogP contribution in [0.25, 0.3) is 0 Å². The smallest absolute Gasteiger partial charge is 0.281 e. The molecular weight excluding hydrogens is 430 g/mol. The Morgan fingerprint density at radius 3 is 2.23 bits per heavy atom. The number of nitrogens with zero attached hydrogens (tertiary/aromatic N) is 2. The number of carbonyl (C=O) groups is 2. The van der Waals surface area contributed by atoms with Crippen molar-refractivity contribution in [3.63, 3.8) is 0 Å². The van der Waals surface area contributed by atoms with Crippen LogP contribution in [-0.2, 0) is 17.6 Å². The van der Waals surface area contributed by atoms with Crippen LogP contribution in [0.4, 0.5) is 9.93 Å². The van der Waals surface area contributed by atoms with Gasteiger partial charge in [0.2, 0.25) is 11.0 Å². The summed E-state index contributed by atoms with van der Waals surface area (Å²) in [6.07, 6.45) is 3.54. The zero-order valence-electron chi connectivity index (χ0n) is 17.0. The highest BCUT2D eigenvalue weighted by atomic mass is 32.1. The Balaban J connectivity index is 1.54. The number of urea groups is 1. The van der Waals surface area contributed by atoms with Gasteiger partial charge in [0.05, 0.1) is 0 Å². The maximum Gasteiger partial charge on any atom is 0.339 e. The summed E-state index contributed by atoms with van der Waals surface area (Å²) in [6.45, 7) is 0.435. The van der Waals surface area contributed by atoms with Crippen molar-refractivity contribution in [3.05, 3.63) is 75.7 Å². The number of hydrogen-bond donors (Lipinski definition) is 3. The van der Waals surface area contributed by atoms with Crippen molar-refractivity contribution < 1.29 is 9.59 Å². The first-order valence-electron chi connectivity index (χ1n) is 10.1. The van der Waals surface area contributed by atoms with Crippen molar-refractivity contribution in [1.29, 1.82) is 0 Å². The van der Waals surface area contributed by atoms with Gasteiger partial charge in [-0.05, 0) is 49.0 Å². The molecule has 0 saturated heterocycles. The van der Waals surface area contributed by atoms with Crippen LogP contribution < -0.4 is 10.7 Å². The number of rotatable bonds is 9. The third-order valence-corrected chi connectivity index (χ3v) is 5.61. The molecule has 7 nitrogen and oxygen atoms in total. The lowest BCUT2D eigenvalue weighted by molar-refractivity contribution is -0.133. The molecule has 9 heteroatoms. The van der Waals surface area contributed by atoms with Gasteiger partial charge in [0, 0.05) is 13.0 Å². The van der Waals surface area contributed by atoms with Gasteiger partial charge < -0.3 is 0 Å². The van der Waals surface area contributed by atoms with E-state index in [1.807, 2.05) is 48.5 Å². The summed E-state index contributed by atoms with van der Waals surface area (Å²) in [7, 11) is 0. The zero-order valence-corrected chi connectivity index (χ0v) is 18.7. The molecule has 0 fully saturated rings. The first kappa shape index (κ1) is 22.6. The number of hydrazine groups is 1. The third-order valence-electron chi connectivity index (χ3n) is 4.61. The second-order valence-electron chi connectivity index (χ2n) is 6.96. The fraction of sp³-hybridized carbons (Fsp3) is 0.273. The summed E-state index contributed by atoms with van der Waals surface area (Å²) in [6, 6.07) is 19.5. The number of anilines is 1. The standard InChI is InChI=1S/C22H25N5O2S2/c28-19(15-14-18-11-5-2-6-12-18)27(16-8-7-13-17-9-3-1-4-10-17)26-20(29)23-21-24-25-22(30)31-21/h1-6,9-12H,7-8,13-16H2,(H,25,30)(H2,23,24,26,29). The van der Waals surface area contributed by atoms with E-state index in [9.17, 15) is 9.59 Å². The average Bonchev–Trinajstić information content (AvgIpc) is 3.20. The summed E-state index contributed by atoms with van der Waals surface area (Å²) >= 11 is 6.12. The number of unbranched alkanes of at least 4 members (excludes halogenated alkanes) is 1. The van der Waals surface area contributed by atoms with Crippen molar-refractivity contribution in [2.45, 2.75) is 32.1 Å². The van der Waals surface area contributed by atoms with Crippen LogP contribution in [0.2, 0.25) is 0 Å². The Morgan fingerprint density at radius 1 is 0.968 bits per heavy atom. The molecule has 2 aromatic carbocycles. The van der Waals surface area contributed by atoms with Crippen molar-refractivity contribution in [2.24, 2.45) is 0 Å². The summed E-state index contributed by atoms with van der Waals surface area (Å²) in [5.41, 5.74) is 5.01. The van der Waals surface area contributed by atoms with E-state index in [2.05, 4.69) is 33.1 Å². The van der Waals surface area contributed by atoms with Crippen molar-refractivity contribution in [1.82, 2.24) is 20.6 Å². The Morgan fingerprint density at radius 2 is 1.61 bits per heavy atom. The minimum atomic E-state index is -0.520. The van der Waals surface area contributed by atoms with Gasteiger partial charge in [-0.2, -0.15) is 0 Å². The average molecular weight is 456 g/mol. The van der Waals surface area contributed by atoms with E-state index in [4.69, 9.17) is 12.2 Å². The number of benzene rings is 2. The van der Waals surface area contributed by atoms with E-state index >= 15 is 0 Å². The predicted octanol–water partition coefficient (Wildman–Crippen LogP) is 4.72. The minimum Gasteiger partial charge on any atom is -0.281 e. The molecule has 1 aromatic heterocycles. The number of carbonyl (C=O) groups excluding carboxylic acids is 2. The van der Waals surface area contributed by atoms with Crippen LogP contribution in [0, 0.1) is 3.95 Å².